The first-order valence-corrected chi connectivity index (χ1v) is 8.21. The highest BCUT2D eigenvalue weighted by Crippen LogP contribution is 2.26. The van der Waals surface area contributed by atoms with Crippen LogP contribution < -0.4 is 10.5 Å². The summed E-state index contributed by atoms with van der Waals surface area (Å²) in [5, 5.41) is 0. The Balaban J connectivity index is 2.35. The van der Waals surface area contributed by atoms with Crippen LogP contribution in [0.5, 0.6) is 5.75 Å². The van der Waals surface area contributed by atoms with Gasteiger partial charge in [-0.05, 0) is 43.2 Å². The number of nitrogen functional groups attached to an aromatic ring is 1. The van der Waals surface area contributed by atoms with Crippen LogP contribution in [-0.4, -0.2) is 15.5 Å². The molecule has 0 unspecified atom stereocenters. The number of methoxy groups -OCH3 is 1. The fourth-order valence-electron chi connectivity index (χ4n) is 2.32. The molecule has 0 aliphatic carbocycles. The number of ether oxygens (including phenoxy) is 1. The minimum absolute atomic E-state index is 0.0783. The first-order chi connectivity index (χ1) is 9.83. The average Bonchev–Trinajstić information content (AvgIpc) is 2.37. The van der Waals surface area contributed by atoms with E-state index in [1.54, 1.807) is 24.3 Å². The molecule has 2 aromatic carbocycles. The van der Waals surface area contributed by atoms with E-state index in [1.165, 1.54) is 7.11 Å². The Morgan fingerprint density at radius 1 is 1.10 bits per heavy atom. The lowest BCUT2D eigenvalue weighted by atomic mass is 10.2. The highest BCUT2D eigenvalue weighted by molar-refractivity contribution is 7.90. The van der Waals surface area contributed by atoms with Gasteiger partial charge in [0, 0.05) is 0 Å². The van der Waals surface area contributed by atoms with E-state index in [2.05, 4.69) is 0 Å². The van der Waals surface area contributed by atoms with Gasteiger partial charge >= 0.3 is 0 Å². The van der Waals surface area contributed by atoms with E-state index in [0.29, 0.717) is 21.9 Å². The van der Waals surface area contributed by atoms with Crippen molar-refractivity contribution < 1.29 is 13.2 Å². The first-order valence-electron chi connectivity index (χ1n) is 6.56. The maximum Gasteiger partial charge on any atom is 0.182 e. The molecule has 4 nitrogen and oxygen atoms in total. The van der Waals surface area contributed by atoms with E-state index < -0.39 is 9.84 Å². The lowest BCUT2D eigenvalue weighted by Crippen LogP contribution is -2.07. The van der Waals surface area contributed by atoms with Crippen LogP contribution in [0.1, 0.15) is 16.7 Å². The molecule has 0 fully saturated rings. The Bertz CT molecular complexity index is 767. The van der Waals surface area contributed by atoms with E-state index in [-0.39, 0.29) is 5.75 Å². The van der Waals surface area contributed by atoms with Crippen molar-refractivity contribution in [3.63, 3.8) is 0 Å². The summed E-state index contributed by atoms with van der Waals surface area (Å²) in [4.78, 5) is 0.363. The maximum absolute atomic E-state index is 12.5. The van der Waals surface area contributed by atoms with Crippen LogP contribution in [0.4, 0.5) is 5.69 Å². The molecule has 0 aliphatic rings. The van der Waals surface area contributed by atoms with Gasteiger partial charge < -0.3 is 10.5 Å². The van der Waals surface area contributed by atoms with Gasteiger partial charge in [0.05, 0.1) is 23.4 Å². The highest BCUT2D eigenvalue weighted by atomic mass is 32.2. The van der Waals surface area contributed by atoms with Gasteiger partial charge in [0.15, 0.2) is 9.84 Å². The third-order valence-corrected chi connectivity index (χ3v) is 5.16. The summed E-state index contributed by atoms with van der Waals surface area (Å²) >= 11 is 0. The minimum Gasteiger partial charge on any atom is -0.495 e. The molecule has 0 aromatic heterocycles. The molecule has 2 rings (SSSR count). The molecule has 0 heterocycles. The smallest absolute Gasteiger partial charge is 0.182 e. The second-order valence-electron chi connectivity index (χ2n) is 5.10. The Labute approximate surface area is 125 Å². The zero-order chi connectivity index (χ0) is 15.6. The molecule has 0 atom stereocenters. The van der Waals surface area contributed by atoms with Gasteiger partial charge in [0.1, 0.15) is 5.75 Å². The Morgan fingerprint density at radius 2 is 1.81 bits per heavy atom. The lowest BCUT2D eigenvalue weighted by molar-refractivity contribution is 0.417. The van der Waals surface area contributed by atoms with Crippen molar-refractivity contribution >= 4 is 15.5 Å². The summed E-state index contributed by atoms with van der Waals surface area (Å²) in [6.45, 7) is 3.75. The molecule has 5 heteroatoms. The number of anilines is 1. The van der Waals surface area contributed by atoms with Gasteiger partial charge in [0.25, 0.3) is 0 Å². The van der Waals surface area contributed by atoms with Crippen LogP contribution in [0, 0.1) is 13.8 Å². The number of rotatable bonds is 4. The van der Waals surface area contributed by atoms with Crippen LogP contribution in [-0.2, 0) is 15.6 Å². The third kappa shape index (κ3) is 3.36. The second kappa shape index (κ2) is 5.77. The molecule has 2 aromatic rings. The van der Waals surface area contributed by atoms with Crippen LogP contribution in [0.3, 0.4) is 0 Å². The first kappa shape index (κ1) is 15.4. The van der Waals surface area contributed by atoms with E-state index in [1.807, 2.05) is 26.0 Å². The lowest BCUT2D eigenvalue weighted by Gasteiger charge is -2.10. The van der Waals surface area contributed by atoms with Gasteiger partial charge in [0.2, 0.25) is 0 Å². The Hall–Kier alpha value is -2.01. The summed E-state index contributed by atoms with van der Waals surface area (Å²) in [5.74, 6) is 0.466. The molecule has 0 radical (unpaired) electrons. The largest absolute Gasteiger partial charge is 0.495 e. The molecule has 0 aliphatic heterocycles. The van der Waals surface area contributed by atoms with E-state index in [4.69, 9.17) is 10.5 Å². The maximum atomic E-state index is 12.5. The van der Waals surface area contributed by atoms with Crippen molar-refractivity contribution in [2.45, 2.75) is 24.5 Å². The number of hydrogen-bond acceptors (Lipinski definition) is 4. The third-order valence-electron chi connectivity index (χ3n) is 3.32. The Morgan fingerprint density at radius 3 is 2.38 bits per heavy atom. The summed E-state index contributed by atoms with van der Waals surface area (Å²) in [5.41, 5.74) is 8.70. The van der Waals surface area contributed by atoms with Crippen molar-refractivity contribution in [3.8, 4) is 5.75 Å². The molecule has 21 heavy (non-hydrogen) atoms. The predicted molar refractivity (Wildman–Crippen MR) is 84.2 cm³/mol. The standard InChI is InChI=1S/C16H19NO3S/c1-11-4-7-16(12(2)8-11)21(18,19)10-13-5-6-15(20-3)14(17)9-13/h4-9H,10,17H2,1-3H3. The number of hydrogen-bond donors (Lipinski definition) is 1. The van der Waals surface area contributed by atoms with Crippen LogP contribution in [0.25, 0.3) is 0 Å². The van der Waals surface area contributed by atoms with E-state index in [0.717, 1.165) is 11.1 Å². The van der Waals surface area contributed by atoms with Crippen molar-refractivity contribution in [2.24, 2.45) is 0 Å². The number of benzene rings is 2. The zero-order valence-corrected chi connectivity index (χ0v) is 13.2. The molecule has 0 saturated heterocycles. The van der Waals surface area contributed by atoms with E-state index >= 15 is 0 Å². The zero-order valence-electron chi connectivity index (χ0n) is 12.4. The van der Waals surface area contributed by atoms with Gasteiger partial charge in [-0.1, -0.05) is 23.8 Å². The van der Waals surface area contributed by atoms with Gasteiger partial charge in [-0.15, -0.1) is 0 Å². The predicted octanol–water partition coefficient (Wildman–Crippen LogP) is 2.87. The number of aryl methyl sites for hydroxylation is 2. The van der Waals surface area contributed by atoms with Crippen molar-refractivity contribution in [2.75, 3.05) is 12.8 Å². The topological polar surface area (TPSA) is 69.4 Å². The van der Waals surface area contributed by atoms with Crippen molar-refractivity contribution in [1.82, 2.24) is 0 Å². The molecule has 112 valence electrons. The monoisotopic (exact) mass is 305 g/mol. The average molecular weight is 305 g/mol. The van der Waals surface area contributed by atoms with Crippen molar-refractivity contribution in [1.29, 1.82) is 0 Å². The van der Waals surface area contributed by atoms with E-state index in [9.17, 15) is 8.42 Å². The molecule has 0 saturated carbocycles. The summed E-state index contributed by atoms with van der Waals surface area (Å²) in [6.07, 6.45) is 0. The quantitative estimate of drug-likeness (QED) is 0.882. The highest BCUT2D eigenvalue weighted by Gasteiger charge is 2.18. The molecule has 0 bridgehead atoms. The van der Waals surface area contributed by atoms with Gasteiger partial charge in [-0.25, -0.2) is 8.42 Å². The number of nitrogens with two attached hydrogens (primary N) is 1. The molecular formula is C16H19NO3S. The van der Waals surface area contributed by atoms with Crippen LogP contribution in [0.2, 0.25) is 0 Å². The summed E-state index contributed by atoms with van der Waals surface area (Å²) in [6, 6.07) is 10.4. The summed E-state index contributed by atoms with van der Waals surface area (Å²) < 4.78 is 30.1. The SMILES string of the molecule is COc1ccc(CS(=O)(=O)c2ccc(C)cc2C)cc1N. The number of sulfone groups is 1. The molecule has 2 N–H and O–H groups in total. The molecule has 0 spiro atoms. The van der Waals surface area contributed by atoms with Gasteiger partial charge in [-0.2, -0.15) is 0 Å². The van der Waals surface area contributed by atoms with Crippen LogP contribution >= 0.6 is 0 Å². The van der Waals surface area contributed by atoms with Crippen molar-refractivity contribution in [3.05, 3.63) is 53.1 Å². The summed E-state index contributed by atoms with van der Waals surface area (Å²) in [7, 11) is -1.87. The molecule has 0 amide bonds. The second-order valence-corrected chi connectivity index (χ2v) is 7.06. The fourth-order valence-corrected chi connectivity index (χ4v) is 3.92. The van der Waals surface area contributed by atoms with Crippen LogP contribution in [0.15, 0.2) is 41.3 Å². The minimum atomic E-state index is -3.39. The molecular weight excluding hydrogens is 286 g/mol. The fraction of sp³-hybridized carbons (Fsp3) is 0.250. The Kier molecular flexibility index (Phi) is 4.23. The van der Waals surface area contributed by atoms with Gasteiger partial charge in [-0.3, -0.25) is 0 Å². The normalized spacial score (nSPS) is 11.4.